The molecule has 0 N–H and O–H groups in total. The molecule has 5 rings (SSSR count). The molecular formula is C23H18BrNOS. The topological polar surface area (TPSA) is 30.0 Å². The molecule has 1 aromatic heterocycles. The van der Waals surface area contributed by atoms with E-state index in [-0.39, 0.29) is 16.4 Å². The Bertz CT molecular complexity index is 1040. The Hall–Kier alpha value is -1.91. The fraction of sp³-hybridized carbons (Fsp3) is 0.217. The van der Waals surface area contributed by atoms with Crippen LogP contribution in [0.5, 0.6) is 0 Å². The van der Waals surface area contributed by atoms with Gasteiger partial charge in [0, 0.05) is 37.5 Å². The minimum atomic E-state index is -0.573. The molecule has 1 fully saturated rings. The fourth-order valence-corrected chi connectivity index (χ4v) is 6.91. The van der Waals surface area contributed by atoms with Crippen molar-refractivity contribution in [2.45, 2.75) is 34.3 Å². The maximum atomic E-state index is 14.0. The summed E-state index contributed by atoms with van der Waals surface area (Å²) < 4.78 is 0.832. The van der Waals surface area contributed by atoms with E-state index in [1.54, 1.807) is 0 Å². The summed E-state index contributed by atoms with van der Waals surface area (Å²) in [6.07, 6.45) is 2.78. The summed E-state index contributed by atoms with van der Waals surface area (Å²) >= 11 is 5.33. The maximum absolute atomic E-state index is 14.0. The number of ketones is 1. The molecule has 2 aromatic carbocycles. The van der Waals surface area contributed by atoms with Crippen molar-refractivity contribution in [1.82, 2.24) is 4.98 Å². The summed E-state index contributed by atoms with van der Waals surface area (Å²) in [5.74, 6) is 0.299. The third-order valence-electron chi connectivity index (χ3n) is 6.11. The van der Waals surface area contributed by atoms with Crippen molar-refractivity contribution >= 4 is 33.5 Å². The summed E-state index contributed by atoms with van der Waals surface area (Å²) in [5, 5.41) is 0. The number of rotatable bonds is 3. The van der Waals surface area contributed by atoms with Crippen LogP contribution in [0.1, 0.15) is 40.9 Å². The van der Waals surface area contributed by atoms with Gasteiger partial charge in [-0.1, -0.05) is 52.3 Å². The molecule has 1 aliphatic heterocycles. The molecule has 2 nitrogen and oxygen atoms in total. The van der Waals surface area contributed by atoms with Crippen molar-refractivity contribution in [2.24, 2.45) is 0 Å². The van der Waals surface area contributed by atoms with Gasteiger partial charge in [-0.05, 0) is 49.2 Å². The van der Waals surface area contributed by atoms with Gasteiger partial charge in [-0.3, -0.25) is 9.78 Å². The molecular weight excluding hydrogens is 418 g/mol. The van der Waals surface area contributed by atoms with Crippen molar-refractivity contribution in [3.8, 4) is 0 Å². The van der Waals surface area contributed by atoms with Gasteiger partial charge in [0.2, 0.25) is 0 Å². The van der Waals surface area contributed by atoms with Gasteiger partial charge in [0.25, 0.3) is 0 Å². The van der Waals surface area contributed by atoms with Crippen LogP contribution in [0.15, 0.2) is 82.3 Å². The van der Waals surface area contributed by atoms with E-state index in [9.17, 15) is 4.79 Å². The highest BCUT2D eigenvalue weighted by Gasteiger charge is 2.72. The zero-order valence-electron chi connectivity index (χ0n) is 14.9. The van der Waals surface area contributed by atoms with E-state index in [2.05, 4.69) is 58.2 Å². The van der Waals surface area contributed by atoms with Crippen LogP contribution in [-0.4, -0.2) is 15.5 Å². The van der Waals surface area contributed by atoms with E-state index in [1.807, 2.05) is 54.4 Å². The Balaban J connectivity index is 1.73. The summed E-state index contributed by atoms with van der Waals surface area (Å²) in [5.41, 5.74) is 2.36. The van der Waals surface area contributed by atoms with E-state index in [0.29, 0.717) is 0 Å². The van der Waals surface area contributed by atoms with Gasteiger partial charge in [0.1, 0.15) is 0 Å². The molecule has 0 radical (unpaired) electrons. The molecule has 3 aromatic rings. The SMILES string of the molecule is C[C@]12C[C@H](c3ccccn3)[C@@]1(C(=O)c1ccc(Br)cc1)c1ccccc1S2. The lowest BCUT2D eigenvalue weighted by atomic mass is 9.47. The zero-order valence-corrected chi connectivity index (χ0v) is 17.3. The number of aromatic nitrogens is 1. The molecule has 0 bridgehead atoms. The zero-order chi connectivity index (χ0) is 18.6. The number of fused-ring (bicyclic) bond motifs is 3. The number of Topliss-reactive ketones (excluding diaryl/α,β-unsaturated/α-hetero) is 1. The number of carbonyl (C=O) groups excluding carboxylic acids is 1. The number of pyridine rings is 1. The first-order valence-corrected chi connectivity index (χ1v) is 10.7. The number of benzene rings is 2. The first kappa shape index (κ1) is 17.2. The Morgan fingerprint density at radius 3 is 2.56 bits per heavy atom. The normalized spacial score (nSPS) is 28.1. The summed E-state index contributed by atoms with van der Waals surface area (Å²) in [6.45, 7) is 2.24. The number of hydrogen-bond donors (Lipinski definition) is 0. The second-order valence-corrected chi connectivity index (χ2v) is 9.95. The van der Waals surface area contributed by atoms with Crippen LogP contribution in [0.4, 0.5) is 0 Å². The Morgan fingerprint density at radius 1 is 1.07 bits per heavy atom. The number of halogens is 1. The number of nitrogens with zero attached hydrogens (tertiary/aromatic N) is 1. The summed E-state index contributed by atoms with van der Waals surface area (Å²) in [7, 11) is 0. The highest BCUT2D eigenvalue weighted by Crippen LogP contribution is 2.73. The lowest BCUT2D eigenvalue weighted by molar-refractivity contribution is 0.0637. The van der Waals surface area contributed by atoms with E-state index >= 15 is 0 Å². The molecule has 134 valence electrons. The molecule has 27 heavy (non-hydrogen) atoms. The number of thioether (sulfide) groups is 1. The Labute approximate surface area is 171 Å². The van der Waals surface area contributed by atoms with Crippen LogP contribution >= 0.6 is 27.7 Å². The largest absolute Gasteiger partial charge is 0.293 e. The third kappa shape index (κ3) is 2.26. The van der Waals surface area contributed by atoms with Crippen LogP contribution in [0.2, 0.25) is 0 Å². The molecule has 0 amide bonds. The van der Waals surface area contributed by atoms with Gasteiger partial charge in [-0.2, -0.15) is 0 Å². The lowest BCUT2D eigenvalue weighted by Crippen LogP contribution is -2.64. The van der Waals surface area contributed by atoms with Crippen molar-refractivity contribution in [3.05, 3.63) is 94.2 Å². The Kier molecular flexibility index (Phi) is 3.85. The average molecular weight is 436 g/mol. The lowest BCUT2D eigenvalue weighted by Gasteiger charge is -2.58. The second kappa shape index (κ2) is 6.05. The molecule has 2 heterocycles. The smallest absolute Gasteiger partial charge is 0.175 e. The molecule has 3 atom stereocenters. The first-order valence-electron chi connectivity index (χ1n) is 9.06. The van der Waals surface area contributed by atoms with Gasteiger partial charge in [0.15, 0.2) is 5.78 Å². The van der Waals surface area contributed by atoms with Crippen LogP contribution in [0, 0.1) is 0 Å². The predicted molar refractivity (Wildman–Crippen MR) is 112 cm³/mol. The Morgan fingerprint density at radius 2 is 1.81 bits per heavy atom. The monoisotopic (exact) mass is 435 g/mol. The van der Waals surface area contributed by atoms with Gasteiger partial charge < -0.3 is 0 Å². The maximum Gasteiger partial charge on any atom is 0.175 e. The van der Waals surface area contributed by atoms with Gasteiger partial charge in [0.05, 0.1) is 5.41 Å². The third-order valence-corrected chi connectivity index (χ3v) is 8.15. The first-order chi connectivity index (χ1) is 13.1. The molecule has 2 aliphatic rings. The number of hydrogen-bond acceptors (Lipinski definition) is 3. The average Bonchev–Trinajstić information content (AvgIpc) is 2.88. The second-order valence-electron chi connectivity index (χ2n) is 7.48. The van der Waals surface area contributed by atoms with Crippen LogP contribution < -0.4 is 0 Å². The summed E-state index contributed by atoms with van der Waals surface area (Å²) in [6, 6.07) is 22.2. The van der Waals surface area contributed by atoms with Crippen molar-refractivity contribution in [2.75, 3.05) is 0 Å². The van der Waals surface area contributed by atoms with Crippen LogP contribution in [-0.2, 0) is 5.41 Å². The molecule has 0 saturated heterocycles. The van der Waals surface area contributed by atoms with Crippen molar-refractivity contribution in [1.29, 1.82) is 0 Å². The highest BCUT2D eigenvalue weighted by molar-refractivity contribution is 9.10. The number of carbonyl (C=O) groups is 1. The van der Waals surface area contributed by atoms with Crippen LogP contribution in [0.3, 0.4) is 0 Å². The molecule has 1 aliphatic carbocycles. The van der Waals surface area contributed by atoms with Gasteiger partial charge in [-0.25, -0.2) is 0 Å². The molecule has 0 spiro atoms. The fourth-order valence-electron chi connectivity index (χ4n) is 4.92. The molecule has 4 heteroatoms. The molecule has 0 unspecified atom stereocenters. The van der Waals surface area contributed by atoms with E-state index in [4.69, 9.17) is 0 Å². The van der Waals surface area contributed by atoms with Gasteiger partial charge >= 0.3 is 0 Å². The van der Waals surface area contributed by atoms with Crippen molar-refractivity contribution < 1.29 is 4.79 Å². The van der Waals surface area contributed by atoms with E-state index in [1.165, 1.54) is 4.90 Å². The van der Waals surface area contributed by atoms with Gasteiger partial charge in [-0.15, -0.1) is 11.8 Å². The van der Waals surface area contributed by atoms with E-state index < -0.39 is 5.41 Å². The minimum absolute atomic E-state index is 0.0935. The van der Waals surface area contributed by atoms with Crippen molar-refractivity contribution in [3.63, 3.8) is 0 Å². The highest BCUT2D eigenvalue weighted by atomic mass is 79.9. The predicted octanol–water partition coefficient (Wildman–Crippen LogP) is 6.02. The summed E-state index contributed by atoms with van der Waals surface area (Å²) in [4.78, 5) is 19.9. The van der Waals surface area contributed by atoms with Crippen LogP contribution in [0.25, 0.3) is 0 Å². The quantitative estimate of drug-likeness (QED) is 0.471. The minimum Gasteiger partial charge on any atom is -0.293 e. The standard InChI is InChI=1S/C23H18BrNOS/c1-22-14-18(19-7-4-5-13-25-19)23(22,17-6-2-3-8-20(17)27-22)21(26)15-9-11-16(24)12-10-15/h2-13,18H,14H2,1H3/t18-,22+,23-/m1/s1. The molecule has 1 saturated carbocycles. The van der Waals surface area contributed by atoms with E-state index in [0.717, 1.165) is 27.7 Å².